The van der Waals surface area contributed by atoms with Gasteiger partial charge in [0.1, 0.15) is 19.0 Å². The summed E-state index contributed by atoms with van der Waals surface area (Å²) < 4.78 is 19.0. The number of nitro groups is 1. The Kier molecular flexibility index (Phi) is 8.30. The van der Waals surface area contributed by atoms with E-state index in [2.05, 4.69) is 5.32 Å². The molecule has 0 bridgehead atoms. The maximum atomic E-state index is 13.3. The van der Waals surface area contributed by atoms with Crippen molar-refractivity contribution < 1.29 is 28.4 Å². The van der Waals surface area contributed by atoms with E-state index in [1.807, 2.05) is 0 Å². The van der Waals surface area contributed by atoms with Crippen LogP contribution in [0, 0.1) is 15.9 Å². The number of non-ortho nitro benzene ring substituents is 1. The number of anilines is 1. The van der Waals surface area contributed by atoms with Crippen LogP contribution in [0.3, 0.4) is 0 Å². The smallest absolute Gasteiger partial charge is 0.294 e. The summed E-state index contributed by atoms with van der Waals surface area (Å²) in [7, 11) is 0. The number of hydrogen-bond donors (Lipinski definition) is 1. The van der Waals surface area contributed by atoms with Crippen molar-refractivity contribution in [3.8, 4) is 5.75 Å². The standard InChI is InChI=1S/C25H16Cl2FN3O6S/c26-19-8-15(9-20(27)23(19)37-13-14-4-6-18(7-5-14)31(35)36)10-21-24(33)30(25(34)38-21)12-22(32)29-17-3-1-2-16(28)11-17/h1-11H,12-13H2,(H,29,32)/b21-10+. The highest BCUT2D eigenvalue weighted by molar-refractivity contribution is 8.18. The number of rotatable bonds is 8. The molecule has 0 saturated carbocycles. The van der Waals surface area contributed by atoms with Crippen LogP contribution < -0.4 is 10.1 Å². The fourth-order valence-electron chi connectivity index (χ4n) is 3.37. The molecule has 3 aromatic carbocycles. The third kappa shape index (κ3) is 6.49. The van der Waals surface area contributed by atoms with Crippen molar-refractivity contribution in [2.75, 3.05) is 11.9 Å². The van der Waals surface area contributed by atoms with Gasteiger partial charge >= 0.3 is 0 Å². The molecule has 0 spiro atoms. The van der Waals surface area contributed by atoms with Crippen molar-refractivity contribution in [3.05, 3.63) is 103 Å². The Morgan fingerprint density at radius 2 is 1.79 bits per heavy atom. The number of carbonyl (C=O) groups is 3. The van der Waals surface area contributed by atoms with Crippen LogP contribution in [0.25, 0.3) is 6.08 Å². The third-order valence-corrected chi connectivity index (χ3v) is 6.60. The van der Waals surface area contributed by atoms with Crippen LogP contribution in [0.4, 0.5) is 20.6 Å². The topological polar surface area (TPSA) is 119 Å². The molecule has 194 valence electrons. The van der Waals surface area contributed by atoms with Crippen molar-refractivity contribution in [3.63, 3.8) is 0 Å². The van der Waals surface area contributed by atoms with Gasteiger partial charge in [-0.05, 0) is 71.4 Å². The van der Waals surface area contributed by atoms with Gasteiger partial charge in [0, 0.05) is 17.8 Å². The molecule has 13 heteroatoms. The van der Waals surface area contributed by atoms with Gasteiger partial charge in [-0.3, -0.25) is 29.4 Å². The molecular weight excluding hydrogens is 560 g/mol. The highest BCUT2D eigenvalue weighted by atomic mass is 35.5. The number of nitro benzene ring substituents is 1. The second-order valence-corrected chi connectivity index (χ2v) is 9.66. The predicted molar refractivity (Wildman–Crippen MR) is 142 cm³/mol. The number of carbonyl (C=O) groups excluding carboxylic acids is 3. The summed E-state index contributed by atoms with van der Waals surface area (Å²) in [6.45, 7) is -0.497. The van der Waals surface area contributed by atoms with Crippen molar-refractivity contribution in [1.29, 1.82) is 0 Å². The molecule has 1 heterocycles. The lowest BCUT2D eigenvalue weighted by Gasteiger charge is -2.12. The first-order valence-corrected chi connectivity index (χ1v) is 12.3. The lowest BCUT2D eigenvalue weighted by molar-refractivity contribution is -0.384. The Morgan fingerprint density at radius 3 is 2.42 bits per heavy atom. The molecule has 0 atom stereocenters. The Balaban J connectivity index is 1.42. The molecule has 4 rings (SSSR count). The van der Waals surface area contributed by atoms with Gasteiger partial charge < -0.3 is 10.1 Å². The third-order valence-electron chi connectivity index (χ3n) is 5.13. The predicted octanol–water partition coefficient (Wildman–Crippen LogP) is 6.29. The number of hydrogen-bond acceptors (Lipinski definition) is 7. The SMILES string of the molecule is O=C(CN1C(=O)S/C(=C/c2cc(Cl)c(OCc3ccc([N+](=O)[O-])cc3)c(Cl)c2)C1=O)Nc1cccc(F)c1. The van der Waals surface area contributed by atoms with Gasteiger partial charge in [-0.1, -0.05) is 29.3 Å². The number of thioether (sulfide) groups is 1. The van der Waals surface area contributed by atoms with E-state index in [1.165, 1.54) is 48.5 Å². The molecule has 1 fully saturated rings. The second kappa shape index (κ2) is 11.6. The van der Waals surface area contributed by atoms with Gasteiger partial charge in [0.15, 0.2) is 5.75 Å². The summed E-state index contributed by atoms with van der Waals surface area (Å²) in [5.74, 6) is -1.72. The van der Waals surface area contributed by atoms with E-state index in [-0.39, 0.29) is 38.7 Å². The number of nitrogens with one attached hydrogen (secondary N) is 1. The summed E-state index contributed by atoms with van der Waals surface area (Å²) in [6.07, 6.45) is 1.41. The maximum absolute atomic E-state index is 13.3. The minimum Gasteiger partial charge on any atom is -0.486 e. The Labute approximate surface area is 229 Å². The average molecular weight is 576 g/mol. The highest BCUT2D eigenvalue weighted by Crippen LogP contribution is 2.38. The minimum absolute atomic E-state index is 0.0490. The molecule has 3 aromatic rings. The van der Waals surface area contributed by atoms with E-state index in [1.54, 1.807) is 12.1 Å². The lowest BCUT2D eigenvalue weighted by Crippen LogP contribution is -2.36. The zero-order valence-electron chi connectivity index (χ0n) is 19.2. The van der Waals surface area contributed by atoms with Gasteiger partial charge in [-0.15, -0.1) is 0 Å². The minimum atomic E-state index is -0.680. The van der Waals surface area contributed by atoms with E-state index >= 15 is 0 Å². The van der Waals surface area contributed by atoms with Crippen molar-refractivity contribution >= 4 is 69.5 Å². The second-order valence-electron chi connectivity index (χ2n) is 7.85. The number of ether oxygens (including phenoxy) is 1. The highest BCUT2D eigenvalue weighted by Gasteiger charge is 2.36. The van der Waals surface area contributed by atoms with Crippen LogP contribution in [0.1, 0.15) is 11.1 Å². The first kappa shape index (κ1) is 27.1. The molecular formula is C25H16Cl2FN3O6S. The molecule has 0 radical (unpaired) electrons. The van der Waals surface area contributed by atoms with Gasteiger partial charge in [0.05, 0.1) is 19.9 Å². The quantitative estimate of drug-likeness (QED) is 0.190. The fourth-order valence-corrected chi connectivity index (χ4v) is 4.82. The molecule has 1 aliphatic rings. The first-order chi connectivity index (χ1) is 18.1. The van der Waals surface area contributed by atoms with Crippen LogP contribution in [0.2, 0.25) is 10.0 Å². The van der Waals surface area contributed by atoms with Gasteiger partial charge in [-0.2, -0.15) is 0 Å². The number of nitrogens with zero attached hydrogens (tertiary/aromatic N) is 2. The van der Waals surface area contributed by atoms with E-state index < -0.39 is 34.3 Å². The van der Waals surface area contributed by atoms with Gasteiger partial charge in [-0.25, -0.2) is 4.39 Å². The molecule has 38 heavy (non-hydrogen) atoms. The summed E-state index contributed by atoms with van der Waals surface area (Å²) in [6, 6.07) is 14.0. The van der Waals surface area contributed by atoms with Crippen LogP contribution in [-0.2, 0) is 16.2 Å². The Hall–Kier alpha value is -3.93. The van der Waals surface area contributed by atoms with Crippen LogP contribution >= 0.6 is 35.0 Å². The molecule has 0 unspecified atom stereocenters. The normalized spacial score (nSPS) is 14.2. The van der Waals surface area contributed by atoms with Crippen LogP contribution in [-0.4, -0.2) is 33.4 Å². The number of benzene rings is 3. The average Bonchev–Trinajstić information content (AvgIpc) is 3.11. The Bertz CT molecular complexity index is 1460. The van der Waals surface area contributed by atoms with Crippen LogP contribution in [0.5, 0.6) is 5.75 Å². The zero-order valence-corrected chi connectivity index (χ0v) is 21.5. The van der Waals surface area contributed by atoms with E-state index in [0.29, 0.717) is 22.9 Å². The lowest BCUT2D eigenvalue weighted by atomic mass is 10.2. The van der Waals surface area contributed by atoms with E-state index in [9.17, 15) is 28.9 Å². The molecule has 0 aliphatic carbocycles. The van der Waals surface area contributed by atoms with Crippen molar-refractivity contribution in [2.24, 2.45) is 0 Å². The number of amides is 3. The Morgan fingerprint density at radius 1 is 1.11 bits per heavy atom. The van der Waals surface area contributed by atoms with Crippen molar-refractivity contribution in [1.82, 2.24) is 4.90 Å². The summed E-state index contributed by atoms with van der Waals surface area (Å²) in [5, 5.41) is 12.8. The molecule has 1 N–H and O–H groups in total. The number of halogens is 3. The van der Waals surface area contributed by atoms with E-state index in [0.717, 1.165) is 11.0 Å². The molecule has 0 aromatic heterocycles. The van der Waals surface area contributed by atoms with Gasteiger partial charge in [0.2, 0.25) is 5.91 Å². The van der Waals surface area contributed by atoms with Gasteiger partial charge in [0.25, 0.3) is 16.8 Å². The summed E-state index contributed by atoms with van der Waals surface area (Å²) in [4.78, 5) is 48.5. The fraction of sp³-hybridized carbons (Fsp3) is 0.0800. The molecule has 1 saturated heterocycles. The zero-order chi connectivity index (χ0) is 27.4. The van der Waals surface area contributed by atoms with E-state index in [4.69, 9.17) is 27.9 Å². The van der Waals surface area contributed by atoms with Crippen LogP contribution in [0.15, 0.2) is 65.6 Å². The van der Waals surface area contributed by atoms with Crippen molar-refractivity contribution in [2.45, 2.75) is 6.61 Å². The summed E-state index contributed by atoms with van der Waals surface area (Å²) >= 11 is 13.3. The molecule has 3 amide bonds. The first-order valence-electron chi connectivity index (χ1n) is 10.8. The maximum Gasteiger partial charge on any atom is 0.294 e. The number of imide groups is 1. The largest absolute Gasteiger partial charge is 0.486 e. The summed E-state index contributed by atoms with van der Waals surface area (Å²) in [5.41, 5.74) is 1.21. The molecule has 1 aliphatic heterocycles. The monoisotopic (exact) mass is 575 g/mol. The molecule has 9 nitrogen and oxygen atoms in total.